The van der Waals surface area contributed by atoms with Crippen molar-refractivity contribution in [2.24, 2.45) is 0 Å². The molecule has 0 atom stereocenters. The van der Waals surface area contributed by atoms with Crippen molar-refractivity contribution >= 4 is 23.0 Å². The number of anilines is 1. The van der Waals surface area contributed by atoms with Crippen molar-refractivity contribution in [3.05, 3.63) is 59.4 Å². The second-order valence-electron chi connectivity index (χ2n) is 6.08. The fourth-order valence-electron chi connectivity index (χ4n) is 2.65. The smallest absolute Gasteiger partial charge is 0.174 e. The van der Waals surface area contributed by atoms with Gasteiger partial charge in [0.05, 0.1) is 12.8 Å². The molecule has 0 radical (unpaired) electrons. The Balaban J connectivity index is 1.77. The largest absolute Gasteiger partial charge is 0.495 e. The van der Waals surface area contributed by atoms with Gasteiger partial charge in [0.1, 0.15) is 11.6 Å². The van der Waals surface area contributed by atoms with Crippen molar-refractivity contribution in [3.63, 3.8) is 0 Å². The molecule has 24 heavy (non-hydrogen) atoms. The van der Waals surface area contributed by atoms with E-state index in [1.54, 1.807) is 19.2 Å². The first-order valence-electron chi connectivity index (χ1n) is 8.04. The molecular weight excluding hydrogens is 323 g/mol. The fourth-order valence-corrected chi connectivity index (χ4v) is 2.98. The predicted octanol–water partition coefficient (Wildman–Crippen LogP) is 4.50. The van der Waals surface area contributed by atoms with Crippen LogP contribution in [0.25, 0.3) is 0 Å². The molecule has 0 aliphatic heterocycles. The molecule has 1 aliphatic carbocycles. The summed E-state index contributed by atoms with van der Waals surface area (Å²) in [6.07, 6.45) is 2.17. The summed E-state index contributed by atoms with van der Waals surface area (Å²) in [7, 11) is 1.64. The Labute approximate surface area is 147 Å². The number of aryl methyl sites for hydroxylation is 1. The van der Waals surface area contributed by atoms with E-state index in [0.717, 1.165) is 29.8 Å². The van der Waals surface area contributed by atoms with Gasteiger partial charge in [0.15, 0.2) is 5.11 Å². The first-order valence-corrected chi connectivity index (χ1v) is 8.45. The maximum Gasteiger partial charge on any atom is 0.174 e. The summed E-state index contributed by atoms with van der Waals surface area (Å²) in [4.78, 5) is 2.06. The van der Waals surface area contributed by atoms with Crippen LogP contribution in [0.1, 0.15) is 24.0 Å². The minimum Gasteiger partial charge on any atom is -0.495 e. The molecule has 0 bridgehead atoms. The van der Waals surface area contributed by atoms with E-state index in [0.29, 0.717) is 23.3 Å². The van der Waals surface area contributed by atoms with Gasteiger partial charge in [0.2, 0.25) is 0 Å². The highest BCUT2D eigenvalue weighted by Gasteiger charge is 2.31. The van der Waals surface area contributed by atoms with Crippen LogP contribution < -0.4 is 10.1 Å². The number of hydrogen-bond acceptors (Lipinski definition) is 2. The van der Waals surface area contributed by atoms with Crippen molar-refractivity contribution in [1.29, 1.82) is 0 Å². The molecule has 0 unspecified atom stereocenters. The van der Waals surface area contributed by atoms with E-state index in [1.807, 2.05) is 31.2 Å². The molecule has 2 aromatic rings. The average Bonchev–Trinajstić information content (AvgIpc) is 3.40. The third-order valence-corrected chi connectivity index (χ3v) is 4.48. The van der Waals surface area contributed by atoms with E-state index >= 15 is 0 Å². The Morgan fingerprint density at radius 1 is 1.29 bits per heavy atom. The van der Waals surface area contributed by atoms with Crippen LogP contribution in [-0.4, -0.2) is 23.2 Å². The standard InChI is InChI=1S/C19H21FN2OS/c1-13-7-10-17(18(11-13)23-2)21-19(24)22(15-8-9-15)12-14-5-3-4-6-16(14)20/h3-7,10-11,15H,8-9,12H2,1-2H3,(H,21,24). The highest BCUT2D eigenvalue weighted by molar-refractivity contribution is 7.80. The van der Waals surface area contributed by atoms with E-state index in [-0.39, 0.29) is 5.82 Å². The Hall–Kier alpha value is -2.14. The predicted molar refractivity (Wildman–Crippen MR) is 98.9 cm³/mol. The number of nitrogens with one attached hydrogen (secondary N) is 1. The van der Waals surface area contributed by atoms with E-state index < -0.39 is 0 Å². The van der Waals surface area contributed by atoms with Crippen LogP contribution in [0.3, 0.4) is 0 Å². The number of nitrogens with zero attached hydrogens (tertiary/aromatic N) is 1. The van der Waals surface area contributed by atoms with E-state index in [2.05, 4.69) is 10.2 Å². The molecule has 0 heterocycles. The molecule has 0 amide bonds. The molecule has 0 aromatic heterocycles. The third-order valence-electron chi connectivity index (χ3n) is 4.15. The monoisotopic (exact) mass is 344 g/mol. The second kappa shape index (κ2) is 7.18. The summed E-state index contributed by atoms with van der Waals surface area (Å²) in [5.41, 5.74) is 2.60. The van der Waals surface area contributed by atoms with E-state index in [1.165, 1.54) is 6.07 Å². The lowest BCUT2D eigenvalue weighted by molar-refractivity contribution is 0.398. The maximum atomic E-state index is 14.0. The first-order chi connectivity index (χ1) is 11.6. The van der Waals surface area contributed by atoms with Gasteiger partial charge < -0.3 is 15.0 Å². The number of ether oxygens (including phenoxy) is 1. The molecule has 126 valence electrons. The van der Waals surface area contributed by atoms with Crippen molar-refractivity contribution in [2.45, 2.75) is 32.4 Å². The first kappa shape index (κ1) is 16.7. The van der Waals surface area contributed by atoms with Gasteiger partial charge in [-0.1, -0.05) is 24.3 Å². The molecule has 3 rings (SSSR count). The second-order valence-corrected chi connectivity index (χ2v) is 6.47. The molecule has 2 aromatic carbocycles. The summed E-state index contributed by atoms with van der Waals surface area (Å²) in [6.45, 7) is 2.48. The van der Waals surface area contributed by atoms with E-state index in [4.69, 9.17) is 17.0 Å². The SMILES string of the molecule is COc1cc(C)ccc1NC(=S)N(Cc1ccccc1F)C1CC1. The van der Waals surface area contributed by atoms with Crippen molar-refractivity contribution in [3.8, 4) is 5.75 Å². The van der Waals surface area contributed by atoms with Crippen LogP contribution in [0.5, 0.6) is 5.75 Å². The Bertz CT molecular complexity index is 746. The number of halogens is 1. The molecule has 1 fully saturated rings. The van der Waals surface area contributed by atoms with Crippen molar-refractivity contribution in [2.75, 3.05) is 12.4 Å². The number of methoxy groups -OCH3 is 1. The van der Waals surface area contributed by atoms with Crippen LogP contribution in [0, 0.1) is 12.7 Å². The summed E-state index contributed by atoms with van der Waals surface area (Å²) in [5, 5.41) is 3.86. The number of rotatable bonds is 5. The molecule has 3 nitrogen and oxygen atoms in total. The number of benzene rings is 2. The van der Waals surface area contributed by atoms with Crippen LogP contribution in [0.15, 0.2) is 42.5 Å². The lowest BCUT2D eigenvalue weighted by Gasteiger charge is -2.26. The number of hydrogen-bond donors (Lipinski definition) is 1. The molecule has 5 heteroatoms. The third kappa shape index (κ3) is 3.85. The zero-order valence-electron chi connectivity index (χ0n) is 13.9. The van der Waals surface area contributed by atoms with Gasteiger partial charge in [-0.15, -0.1) is 0 Å². The van der Waals surface area contributed by atoms with Gasteiger partial charge in [-0.2, -0.15) is 0 Å². The lowest BCUT2D eigenvalue weighted by Crippen LogP contribution is -2.36. The van der Waals surface area contributed by atoms with Gasteiger partial charge in [-0.05, 0) is 55.7 Å². The van der Waals surface area contributed by atoms with Gasteiger partial charge >= 0.3 is 0 Å². The highest BCUT2D eigenvalue weighted by Crippen LogP contribution is 2.31. The Morgan fingerprint density at radius 2 is 2.04 bits per heavy atom. The minimum absolute atomic E-state index is 0.195. The van der Waals surface area contributed by atoms with Crippen molar-refractivity contribution < 1.29 is 9.13 Å². The average molecular weight is 344 g/mol. The molecule has 1 aliphatic rings. The van der Waals surface area contributed by atoms with Gasteiger partial charge in [-0.25, -0.2) is 4.39 Å². The quantitative estimate of drug-likeness (QED) is 0.807. The van der Waals surface area contributed by atoms with Crippen LogP contribution in [-0.2, 0) is 6.54 Å². The maximum absolute atomic E-state index is 14.0. The normalized spacial score (nSPS) is 13.5. The Kier molecular flexibility index (Phi) is 5.00. The molecule has 1 N–H and O–H groups in total. The van der Waals surface area contributed by atoms with Crippen LogP contribution >= 0.6 is 12.2 Å². The minimum atomic E-state index is -0.195. The van der Waals surface area contributed by atoms with Gasteiger partial charge in [0, 0.05) is 18.2 Å². The van der Waals surface area contributed by atoms with Crippen molar-refractivity contribution in [1.82, 2.24) is 4.90 Å². The molecule has 1 saturated carbocycles. The van der Waals surface area contributed by atoms with E-state index in [9.17, 15) is 4.39 Å². The number of thiocarbonyl (C=S) groups is 1. The van der Waals surface area contributed by atoms with Gasteiger partial charge in [0.25, 0.3) is 0 Å². The molecule has 0 saturated heterocycles. The van der Waals surface area contributed by atoms with Crippen LogP contribution in [0.2, 0.25) is 0 Å². The molecular formula is C19H21FN2OS. The molecule has 0 spiro atoms. The summed E-state index contributed by atoms with van der Waals surface area (Å²) in [6, 6.07) is 13.1. The summed E-state index contributed by atoms with van der Waals surface area (Å²) in [5.74, 6) is 0.554. The zero-order valence-corrected chi connectivity index (χ0v) is 14.7. The zero-order chi connectivity index (χ0) is 17.1. The topological polar surface area (TPSA) is 24.5 Å². The fraction of sp³-hybridized carbons (Fsp3) is 0.316. The highest BCUT2D eigenvalue weighted by atomic mass is 32.1. The van der Waals surface area contributed by atoms with Crippen LogP contribution in [0.4, 0.5) is 10.1 Å². The lowest BCUT2D eigenvalue weighted by atomic mass is 10.2. The Morgan fingerprint density at radius 3 is 2.71 bits per heavy atom. The van der Waals surface area contributed by atoms with Gasteiger partial charge in [-0.3, -0.25) is 0 Å². The summed E-state index contributed by atoms with van der Waals surface area (Å²) >= 11 is 5.59. The summed E-state index contributed by atoms with van der Waals surface area (Å²) < 4.78 is 19.4.